The molecule has 130 valence electrons. The number of rotatable bonds is 6. The normalized spacial score (nSPS) is 21.5. The van der Waals surface area contributed by atoms with E-state index in [9.17, 15) is 9.59 Å². The first-order chi connectivity index (χ1) is 11.6. The van der Waals surface area contributed by atoms with Crippen LogP contribution >= 0.6 is 0 Å². The van der Waals surface area contributed by atoms with E-state index in [4.69, 9.17) is 0 Å². The summed E-state index contributed by atoms with van der Waals surface area (Å²) in [6, 6.07) is 5.66. The fourth-order valence-corrected chi connectivity index (χ4v) is 3.29. The molecule has 2 aliphatic rings. The standard InChI is InChI=1S/C17H25N5O2/c1-21(7-5-13-9-19-20-10-13)17(24)14-8-16(23)22(11-14)12-15-4-2-3-6-18-15/h2-4,6,13-14,19-20H,5,7-12H2,1H3. The van der Waals surface area contributed by atoms with Crippen molar-refractivity contribution in [1.29, 1.82) is 0 Å². The Kier molecular flexibility index (Phi) is 5.42. The second-order valence-corrected chi connectivity index (χ2v) is 6.67. The number of hydrogen-bond donors (Lipinski definition) is 2. The summed E-state index contributed by atoms with van der Waals surface area (Å²) < 4.78 is 0. The smallest absolute Gasteiger partial charge is 0.227 e. The Hall–Kier alpha value is -1.99. The molecule has 0 saturated carbocycles. The summed E-state index contributed by atoms with van der Waals surface area (Å²) in [7, 11) is 1.84. The number of nitrogens with zero attached hydrogens (tertiary/aromatic N) is 3. The Morgan fingerprint density at radius 3 is 2.88 bits per heavy atom. The van der Waals surface area contributed by atoms with Gasteiger partial charge in [-0.2, -0.15) is 0 Å². The molecule has 2 aliphatic heterocycles. The summed E-state index contributed by atoms with van der Waals surface area (Å²) in [6.45, 7) is 3.60. The van der Waals surface area contributed by atoms with E-state index in [2.05, 4.69) is 15.8 Å². The zero-order valence-corrected chi connectivity index (χ0v) is 14.1. The maximum absolute atomic E-state index is 12.6. The minimum absolute atomic E-state index is 0.0385. The minimum atomic E-state index is -0.231. The van der Waals surface area contributed by atoms with Crippen molar-refractivity contribution in [2.24, 2.45) is 11.8 Å². The first kappa shape index (κ1) is 16.9. The monoisotopic (exact) mass is 331 g/mol. The number of pyridine rings is 1. The number of likely N-dealkylation sites (tertiary alicyclic amines) is 1. The molecule has 7 nitrogen and oxygen atoms in total. The molecule has 0 aliphatic carbocycles. The van der Waals surface area contributed by atoms with E-state index in [-0.39, 0.29) is 17.7 Å². The summed E-state index contributed by atoms with van der Waals surface area (Å²) in [5.41, 5.74) is 7.06. The van der Waals surface area contributed by atoms with E-state index < -0.39 is 0 Å². The first-order valence-corrected chi connectivity index (χ1v) is 8.52. The molecule has 1 atom stereocenters. The topological polar surface area (TPSA) is 77.6 Å². The van der Waals surface area contributed by atoms with Crippen LogP contribution in [0.5, 0.6) is 0 Å². The van der Waals surface area contributed by atoms with E-state index in [1.165, 1.54) is 0 Å². The Balaban J connectivity index is 1.49. The number of carbonyl (C=O) groups is 2. The molecule has 2 saturated heterocycles. The highest BCUT2D eigenvalue weighted by atomic mass is 16.2. The van der Waals surface area contributed by atoms with Gasteiger partial charge in [-0.3, -0.25) is 25.4 Å². The van der Waals surface area contributed by atoms with E-state index in [1.807, 2.05) is 25.2 Å². The second-order valence-electron chi connectivity index (χ2n) is 6.67. The van der Waals surface area contributed by atoms with Crippen LogP contribution in [0.4, 0.5) is 0 Å². The average molecular weight is 331 g/mol. The molecule has 1 unspecified atom stereocenters. The van der Waals surface area contributed by atoms with Crippen LogP contribution in [0.25, 0.3) is 0 Å². The molecule has 2 amide bonds. The average Bonchev–Trinajstić information content (AvgIpc) is 3.23. The highest BCUT2D eigenvalue weighted by molar-refractivity contribution is 5.89. The fraction of sp³-hybridized carbons (Fsp3) is 0.588. The van der Waals surface area contributed by atoms with Crippen molar-refractivity contribution >= 4 is 11.8 Å². The SMILES string of the molecule is CN(CCC1CNNC1)C(=O)C1CC(=O)N(Cc2ccccn2)C1. The van der Waals surface area contributed by atoms with Gasteiger partial charge in [0.1, 0.15) is 0 Å². The molecule has 2 N–H and O–H groups in total. The van der Waals surface area contributed by atoms with Crippen molar-refractivity contribution in [1.82, 2.24) is 25.6 Å². The van der Waals surface area contributed by atoms with Crippen molar-refractivity contribution in [3.05, 3.63) is 30.1 Å². The van der Waals surface area contributed by atoms with E-state index >= 15 is 0 Å². The molecule has 24 heavy (non-hydrogen) atoms. The van der Waals surface area contributed by atoms with Gasteiger partial charge in [0.15, 0.2) is 0 Å². The molecular weight excluding hydrogens is 306 g/mol. The number of aromatic nitrogens is 1. The minimum Gasteiger partial charge on any atom is -0.345 e. The molecule has 0 bridgehead atoms. The van der Waals surface area contributed by atoms with Crippen molar-refractivity contribution in [2.45, 2.75) is 19.4 Å². The van der Waals surface area contributed by atoms with Gasteiger partial charge in [0.05, 0.1) is 18.2 Å². The van der Waals surface area contributed by atoms with Gasteiger partial charge in [0.2, 0.25) is 11.8 Å². The third-order valence-corrected chi connectivity index (χ3v) is 4.80. The Bertz CT molecular complexity index is 574. The lowest BCUT2D eigenvalue weighted by atomic mass is 10.0. The predicted octanol–water partition coefficient (Wildman–Crippen LogP) is 0.00260. The summed E-state index contributed by atoms with van der Waals surface area (Å²) in [5.74, 6) is 0.444. The molecular formula is C17H25N5O2. The third-order valence-electron chi connectivity index (χ3n) is 4.80. The largest absolute Gasteiger partial charge is 0.345 e. The van der Waals surface area contributed by atoms with Crippen LogP contribution in [0, 0.1) is 11.8 Å². The van der Waals surface area contributed by atoms with E-state index in [1.54, 1.807) is 16.0 Å². The Morgan fingerprint density at radius 1 is 1.38 bits per heavy atom. The van der Waals surface area contributed by atoms with Gasteiger partial charge >= 0.3 is 0 Å². The zero-order chi connectivity index (χ0) is 16.9. The highest BCUT2D eigenvalue weighted by Gasteiger charge is 2.35. The first-order valence-electron chi connectivity index (χ1n) is 8.52. The zero-order valence-electron chi connectivity index (χ0n) is 14.1. The van der Waals surface area contributed by atoms with Gasteiger partial charge in [-0.15, -0.1) is 0 Å². The van der Waals surface area contributed by atoms with Gasteiger partial charge < -0.3 is 9.80 Å². The molecule has 2 fully saturated rings. The maximum Gasteiger partial charge on any atom is 0.227 e. The second kappa shape index (κ2) is 7.72. The number of hydrazine groups is 1. The van der Waals surface area contributed by atoms with Crippen LogP contribution in [0.1, 0.15) is 18.5 Å². The Labute approximate surface area is 142 Å². The van der Waals surface area contributed by atoms with Crippen LogP contribution in [0.15, 0.2) is 24.4 Å². The fourth-order valence-electron chi connectivity index (χ4n) is 3.29. The van der Waals surface area contributed by atoms with Crippen molar-refractivity contribution < 1.29 is 9.59 Å². The lowest BCUT2D eigenvalue weighted by Gasteiger charge is -2.22. The number of hydrogen-bond acceptors (Lipinski definition) is 5. The molecule has 7 heteroatoms. The summed E-state index contributed by atoms with van der Waals surface area (Å²) in [6.07, 6.45) is 3.00. The number of amides is 2. The van der Waals surface area contributed by atoms with Gasteiger partial charge in [0, 0.05) is 45.8 Å². The third kappa shape index (κ3) is 4.10. The van der Waals surface area contributed by atoms with Crippen LogP contribution in [-0.2, 0) is 16.1 Å². The van der Waals surface area contributed by atoms with Crippen molar-refractivity contribution in [3.63, 3.8) is 0 Å². The molecule has 0 spiro atoms. The molecule has 3 heterocycles. The summed E-state index contributed by atoms with van der Waals surface area (Å²) in [5, 5.41) is 0. The summed E-state index contributed by atoms with van der Waals surface area (Å²) in [4.78, 5) is 32.6. The molecule has 3 rings (SSSR count). The van der Waals surface area contributed by atoms with E-state index in [0.29, 0.717) is 25.4 Å². The van der Waals surface area contributed by atoms with Crippen LogP contribution in [-0.4, -0.2) is 59.8 Å². The van der Waals surface area contributed by atoms with Gasteiger partial charge in [0.25, 0.3) is 0 Å². The van der Waals surface area contributed by atoms with Crippen molar-refractivity contribution in [3.8, 4) is 0 Å². The molecule has 1 aromatic rings. The van der Waals surface area contributed by atoms with Crippen LogP contribution in [0.2, 0.25) is 0 Å². The van der Waals surface area contributed by atoms with Gasteiger partial charge in [-0.1, -0.05) is 6.07 Å². The maximum atomic E-state index is 12.6. The van der Waals surface area contributed by atoms with Gasteiger partial charge in [-0.05, 0) is 24.5 Å². The molecule has 0 radical (unpaired) electrons. The lowest BCUT2D eigenvalue weighted by Crippen LogP contribution is -2.36. The van der Waals surface area contributed by atoms with Gasteiger partial charge in [-0.25, -0.2) is 0 Å². The van der Waals surface area contributed by atoms with Crippen LogP contribution in [0.3, 0.4) is 0 Å². The lowest BCUT2D eigenvalue weighted by molar-refractivity contribution is -0.134. The Morgan fingerprint density at radius 2 is 2.17 bits per heavy atom. The van der Waals surface area contributed by atoms with E-state index in [0.717, 1.165) is 31.7 Å². The number of carbonyl (C=O) groups excluding carboxylic acids is 2. The molecule has 0 aromatic carbocycles. The number of nitrogens with one attached hydrogen (secondary N) is 2. The quantitative estimate of drug-likeness (QED) is 0.767. The predicted molar refractivity (Wildman–Crippen MR) is 89.5 cm³/mol. The summed E-state index contributed by atoms with van der Waals surface area (Å²) >= 11 is 0. The van der Waals surface area contributed by atoms with Crippen molar-refractivity contribution in [2.75, 3.05) is 33.2 Å². The highest BCUT2D eigenvalue weighted by Crippen LogP contribution is 2.21. The van der Waals surface area contributed by atoms with Crippen LogP contribution < -0.4 is 10.9 Å². The molecule has 1 aromatic heterocycles.